The van der Waals surface area contributed by atoms with E-state index in [1.807, 2.05) is 30.3 Å². The van der Waals surface area contributed by atoms with Gasteiger partial charge in [0.2, 0.25) is 0 Å². The topological polar surface area (TPSA) is 88.3 Å². The summed E-state index contributed by atoms with van der Waals surface area (Å²) in [6, 6.07) is 15.1. The smallest absolute Gasteiger partial charge is 0.273 e. The number of amides is 2. The van der Waals surface area contributed by atoms with Gasteiger partial charge < -0.3 is 14.7 Å². The van der Waals surface area contributed by atoms with E-state index in [9.17, 15) is 9.59 Å². The first kappa shape index (κ1) is 19.8. The number of nitrogens with one attached hydrogen (secondary N) is 1. The van der Waals surface area contributed by atoms with Gasteiger partial charge in [0.1, 0.15) is 0 Å². The van der Waals surface area contributed by atoms with E-state index in [2.05, 4.69) is 15.5 Å². The Morgan fingerprint density at radius 3 is 2.70 bits per heavy atom. The van der Waals surface area contributed by atoms with Crippen LogP contribution in [-0.2, 0) is 13.0 Å². The van der Waals surface area contributed by atoms with Gasteiger partial charge in [-0.3, -0.25) is 14.6 Å². The Labute approximate surface area is 175 Å². The fourth-order valence-electron chi connectivity index (χ4n) is 3.17. The highest BCUT2D eigenvalue weighted by molar-refractivity contribution is 5.94. The molecule has 7 nitrogen and oxygen atoms in total. The molecule has 0 aliphatic heterocycles. The van der Waals surface area contributed by atoms with Gasteiger partial charge in [-0.05, 0) is 42.9 Å². The van der Waals surface area contributed by atoms with E-state index < -0.39 is 0 Å². The van der Waals surface area contributed by atoms with E-state index in [-0.39, 0.29) is 24.1 Å². The maximum Gasteiger partial charge on any atom is 0.273 e. The predicted octanol–water partition coefficient (Wildman–Crippen LogP) is 3.09. The number of rotatable bonds is 9. The van der Waals surface area contributed by atoms with Crippen molar-refractivity contribution < 1.29 is 14.1 Å². The van der Waals surface area contributed by atoms with Gasteiger partial charge in [0, 0.05) is 31.5 Å². The van der Waals surface area contributed by atoms with Crippen molar-refractivity contribution >= 4 is 11.8 Å². The molecule has 154 valence electrons. The van der Waals surface area contributed by atoms with Crippen LogP contribution in [0.5, 0.6) is 0 Å². The second kappa shape index (κ2) is 9.35. The molecule has 1 N–H and O–H groups in total. The molecule has 4 rings (SSSR count). The minimum absolute atomic E-state index is 0.143. The standard InChI is InChI=1S/C23H24N4O3/c28-22(25-14-18-8-9-18)21-13-20(30-26-21)16-27(12-10-17-5-2-1-3-6-17)23(29)19-7-4-11-24-15-19/h1-7,11,13,15,18H,8-10,12,14,16H2,(H,25,28). The van der Waals surface area contributed by atoms with Crippen LogP contribution in [0.1, 0.15) is 45.0 Å². The maximum absolute atomic E-state index is 13.0. The molecule has 0 radical (unpaired) electrons. The zero-order valence-electron chi connectivity index (χ0n) is 16.7. The third kappa shape index (κ3) is 5.31. The third-order valence-electron chi connectivity index (χ3n) is 5.10. The summed E-state index contributed by atoms with van der Waals surface area (Å²) in [6.45, 7) is 1.40. The molecule has 0 unspecified atom stereocenters. The summed E-state index contributed by atoms with van der Waals surface area (Å²) in [4.78, 5) is 31.0. The average molecular weight is 404 g/mol. The molecule has 2 aromatic heterocycles. The lowest BCUT2D eigenvalue weighted by Crippen LogP contribution is -2.32. The fraction of sp³-hybridized carbons (Fsp3) is 0.304. The summed E-state index contributed by atoms with van der Waals surface area (Å²) in [5.74, 6) is 0.671. The van der Waals surface area contributed by atoms with Crippen LogP contribution in [0, 0.1) is 5.92 Å². The SMILES string of the molecule is O=C(NCC1CC1)c1cc(CN(CCc2ccccc2)C(=O)c2cccnc2)on1. The van der Waals surface area contributed by atoms with Crippen LogP contribution in [0.4, 0.5) is 0 Å². The Bertz CT molecular complexity index is 984. The van der Waals surface area contributed by atoms with Crippen LogP contribution in [0.15, 0.2) is 65.4 Å². The highest BCUT2D eigenvalue weighted by Gasteiger charge is 2.23. The fourth-order valence-corrected chi connectivity index (χ4v) is 3.17. The largest absolute Gasteiger partial charge is 0.359 e. The van der Waals surface area contributed by atoms with Crippen LogP contribution in [-0.4, -0.2) is 39.9 Å². The summed E-state index contributed by atoms with van der Waals surface area (Å²) in [7, 11) is 0. The van der Waals surface area contributed by atoms with Crippen molar-refractivity contribution in [3.63, 3.8) is 0 Å². The Hall–Kier alpha value is -3.48. The molecule has 2 heterocycles. The first-order chi connectivity index (χ1) is 14.7. The van der Waals surface area contributed by atoms with E-state index in [1.54, 1.807) is 35.5 Å². The lowest BCUT2D eigenvalue weighted by molar-refractivity contribution is 0.0728. The number of hydrogen-bond donors (Lipinski definition) is 1. The molecule has 1 fully saturated rings. The normalized spacial score (nSPS) is 13.1. The molecule has 1 aromatic carbocycles. The van der Waals surface area contributed by atoms with Crippen LogP contribution in [0.2, 0.25) is 0 Å². The number of hydrogen-bond acceptors (Lipinski definition) is 5. The molecule has 2 amide bonds. The predicted molar refractivity (Wildman–Crippen MR) is 111 cm³/mol. The molecule has 0 spiro atoms. The van der Waals surface area contributed by atoms with Gasteiger partial charge in [-0.2, -0.15) is 0 Å². The minimum Gasteiger partial charge on any atom is -0.359 e. The van der Waals surface area contributed by atoms with Crippen molar-refractivity contribution in [3.05, 3.63) is 83.5 Å². The van der Waals surface area contributed by atoms with Crippen molar-refractivity contribution in [1.82, 2.24) is 20.4 Å². The minimum atomic E-state index is -0.244. The van der Waals surface area contributed by atoms with E-state index in [0.29, 0.717) is 36.8 Å². The summed E-state index contributed by atoms with van der Waals surface area (Å²) in [6.07, 6.45) is 6.22. The monoisotopic (exact) mass is 404 g/mol. The molecular weight excluding hydrogens is 380 g/mol. The number of nitrogens with zero attached hydrogens (tertiary/aromatic N) is 3. The van der Waals surface area contributed by atoms with Gasteiger partial charge in [0.05, 0.1) is 12.1 Å². The number of carbonyl (C=O) groups is 2. The molecule has 1 saturated carbocycles. The van der Waals surface area contributed by atoms with Gasteiger partial charge in [-0.1, -0.05) is 35.5 Å². The van der Waals surface area contributed by atoms with E-state index >= 15 is 0 Å². The quantitative estimate of drug-likeness (QED) is 0.592. The van der Waals surface area contributed by atoms with E-state index in [0.717, 1.165) is 18.4 Å². The molecule has 0 atom stereocenters. The Morgan fingerprint density at radius 2 is 1.97 bits per heavy atom. The average Bonchev–Trinajstić information content (AvgIpc) is 3.51. The first-order valence-corrected chi connectivity index (χ1v) is 10.2. The van der Waals surface area contributed by atoms with E-state index in [1.165, 1.54) is 0 Å². The number of carbonyl (C=O) groups excluding carboxylic acids is 2. The molecule has 1 aliphatic rings. The molecule has 0 saturated heterocycles. The number of benzene rings is 1. The summed E-state index contributed by atoms with van der Waals surface area (Å²) < 4.78 is 5.36. The molecular formula is C23H24N4O3. The van der Waals surface area contributed by atoms with Gasteiger partial charge in [0.15, 0.2) is 11.5 Å². The van der Waals surface area contributed by atoms with Crippen molar-refractivity contribution in [2.75, 3.05) is 13.1 Å². The summed E-state index contributed by atoms with van der Waals surface area (Å²) in [5, 5.41) is 6.75. The van der Waals surface area contributed by atoms with Gasteiger partial charge in [-0.25, -0.2) is 0 Å². The van der Waals surface area contributed by atoms with Crippen LogP contribution in [0.3, 0.4) is 0 Å². The van der Waals surface area contributed by atoms with Crippen molar-refractivity contribution in [2.24, 2.45) is 5.92 Å². The number of pyridine rings is 1. The molecule has 30 heavy (non-hydrogen) atoms. The van der Waals surface area contributed by atoms with Gasteiger partial charge >= 0.3 is 0 Å². The summed E-state index contributed by atoms with van der Waals surface area (Å²) >= 11 is 0. The molecule has 1 aliphatic carbocycles. The van der Waals surface area contributed by atoms with Crippen LogP contribution in [0.25, 0.3) is 0 Å². The first-order valence-electron chi connectivity index (χ1n) is 10.2. The highest BCUT2D eigenvalue weighted by atomic mass is 16.5. The molecule has 0 bridgehead atoms. The van der Waals surface area contributed by atoms with E-state index in [4.69, 9.17) is 4.52 Å². The second-order valence-corrected chi connectivity index (χ2v) is 7.54. The highest BCUT2D eigenvalue weighted by Crippen LogP contribution is 2.27. The van der Waals surface area contributed by atoms with Gasteiger partial charge in [-0.15, -0.1) is 0 Å². The molecule has 7 heteroatoms. The maximum atomic E-state index is 13.0. The van der Waals surface area contributed by atoms with Crippen molar-refractivity contribution in [1.29, 1.82) is 0 Å². The van der Waals surface area contributed by atoms with Crippen molar-refractivity contribution in [2.45, 2.75) is 25.8 Å². The Morgan fingerprint density at radius 1 is 1.13 bits per heavy atom. The summed E-state index contributed by atoms with van der Waals surface area (Å²) in [5.41, 5.74) is 1.88. The second-order valence-electron chi connectivity index (χ2n) is 7.54. The number of aromatic nitrogens is 2. The Kier molecular flexibility index (Phi) is 6.17. The zero-order valence-corrected chi connectivity index (χ0v) is 16.7. The van der Waals surface area contributed by atoms with Crippen molar-refractivity contribution in [3.8, 4) is 0 Å². The lowest BCUT2D eigenvalue weighted by Gasteiger charge is -2.21. The lowest BCUT2D eigenvalue weighted by atomic mass is 10.1. The zero-order chi connectivity index (χ0) is 20.8. The molecule has 3 aromatic rings. The third-order valence-corrected chi connectivity index (χ3v) is 5.10. The Balaban J connectivity index is 1.44. The van der Waals surface area contributed by atoms with Crippen LogP contribution < -0.4 is 5.32 Å². The van der Waals surface area contributed by atoms with Crippen LogP contribution >= 0.6 is 0 Å². The van der Waals surface area contributed by atoms with Gasteiger partial charge in [0.25, 0.3) is 11.8 Å².